The Labute approximate surface area is 226 Å². The summed E-state index contributed by atoms with van der Waals surface area (Å²) in [5.74, 6) is -0.847. The Bertz CT molecular complexity index is 1120. The number of phenolic OH excluding ortho intramolecular Hbond substituents is 1. The van der Waals surface area contributed by atoms with Gasteiger partial charge in [-0.2, -0.15) is 0 Å². The van der Waals surface area contributed by atoms with Crippen LogP contribution in [0.3, 0.4) is 0 Å². The molecule has 8 nitrogen and oxygen atoms in total. The van der Waals surface area contributed by atoms with E-state index in [1.165, 1.54) is 4.90 Å². The summed E-state index contributed by atoms with van der Waals surface area (Å²) < 4.78 is 5.42. The zero-order valence-electron chi connectivity index (χ0n) is 23.9. The van der Waals surface area contributed by atoms with Gasteiger partial charge in [0.05, 0.1) is 0 Å². The molecule has 0 heterocycles. The van der Waals surface area contributed by atoms with E-state index in [0.717, 1.165) is 5.56 Å². The lowest BCUT2D eigenvalue weighted by Crippen LogP contribution is -2.53. The summed E-state index contributed by atoms with van der Waals surface area (Å²) in [7, 11) is 0. The average Bonchev–Trinajstić information content (AvgIpc) is 2.80. The van der Waals surface area contributed by atoms with Crippen LogP contribution >= 0.6 is 0 Å². The van der Waals surface area contributed by atoms with Gasteiger partial charge in [0, 0.05) is 17.8 Å². The van der Waals surface area contributed by atoms with Gasteiger partial charge in [-0.1, -0.05) is 57.2 Å². The Balaban J connectivity index is 2.57. The number of ether oxygens (including phenoxy) is 1. The number of nitrogens with zero attached hydrogens (tertiary/aromatic N) is 1. The van der Waals surface area contributed by atoms with E-state index < -0.39 is 35.6 Å². The van der Waals surface area contributed by atoms with Crippen molar-refractivity contribution in [2.75, 3.05) is 11.9 Å². The van der Waals surface area contributed by atoms with Crippen molar-refractivity contribution in [1.29, 1.82) is 0 Å². The fraction of sp³-hybridized carbons (Fsp3) is 0.500. The number of nitrogens with one attached hydrogen (secondary N) is 2. The smallest absolute Gasteiger partial charge is 0.408 e. The van der Waals surface area contributed by atoms with Gasteiger partial charge in [0.1, 0.15) is 23.4 Å². The molecule has 2 aromatic rings. The highest BCUT2D eigenvalue weighted by molar-refractivity contribution is 5.99. The van der Waals surface area contributed by atoms with Crippen molar-refractivity contribution in [1.82, 2.24) is 10.2 Å². The first kappa shape index (κ1) is 30.7. The molecule has 0 saturated carbocycles. The third-order valence-electron chi connectivity index (χ3n) is 5.97. The molecule has 0 aliphatic rings. The van der Waals surface area contributed by atoms with Crippen LogP contribution in [0, 0.1) is 19.8 Å². The molecular formula is C30H43N3O5. The zero-order valence-corrected chi connectivity index (χ0v) is 23.9. The maximum Gasteiger partial charge on any atom is 0.408 e. The summed E-state index contributed by atoms with van der Waals surface area (Å²) in [6.45, 7) is 14.9. The molecule has 2 aromatic carbocycles. The van der Waals surface area contributed by atoms with Crippen molar-refractivity contribution < 1.29 is 24.2 Å². The second-order valence-electron chi connectivity index (χ2n) is 11.1. The van der Waals surface area contributed by atoms with E-state index in [1.807, 2.05) is 45.9 Å². The Morgan fingerprint density at radius 1 is 1.00 bits per heavy atom. The number of carbonyl (C=O) groups is 3. The maximum atomic E-state index is 14.1. The van der Waals surface area contributed by atoms with Gasteiger partial charge in [0.15, 0.2) is 0 Å². The molecule has 2 rings (SSSR count). The molecule has 2 unspecified atom stereocenters. The summed E-state index contributed by atoms with van der Waals surface area (Å²) in [6.07, 6.45) is 0.213. The zero-order chi connectivity index (χ0) is 28.6. The summed E-state index contributed by atoms with van der Waals surface area (Å²) in [6, 6.07) is 10.5. The molecule has 3 N–H and O–H groups in total. The van der Waals surface area contributed by atoms with Crippen LogP contribution in [-0.2, 0) is 14.3 Å². The molecule has 0 aliphatic carbocycles. The van der Waals surface area contributed by atoms with Crippen LogP contribution in [0.25, 0.3) is 0 Å². The highest BCUT2D eigenvalue weighted by Gasteiger charge is 2.37. The summed E-state index contributed by atoms with van der Waals surface area (Å²) in [4.78, 5) is 42.1. The first-order valence-corrected chi connectivity index (χ1v) is 13.2. The normalized spacial score (nSPS) is 13.0. The number of amides is 3. The van der Waals surface area contributed by atoms with Gasteiger partial charge in [-0.05, 0) is 70.6 Å². The number of hydrogen-bond acceptors (Lipinski definition) is 5. The molecule has 8 heteroatoms. The first-order valence-electron chi connectivity index (χ1n) is 13.2. The quantitative estimate of drug-likeness (QED) is 0.360. The fourth-order valence-electron chi connectivity index (χ4n) is 4.22. The summed E-state index contributed by atoms with van der Waals surface area (Å²) in [5.41, 5.74) is 1.65. The Morgan fingerprint density at radius 2 is 1.63 bits per heavy atom. The fourth-order valence-corrected chi connectivity index (χ4v) is 4.22. The van der Waals surface area contributed by atoms with E-state index in [2.05, 4.69) is 10.6 Å². The Hall–Kier alpha value is -3.55. The second-order valence-corrected chi connectivity index (χ2v) is 11.1. The van der Waals surface area contributed by atoms with E-state index in [4.69, 9.17) is 4.74 Å². The van der Waals surface area contributed by atoms with Gasteiger partial charge >= 0.3 is 6.09 Å². The number of para-hydroxylation sites is 2. The van der Waals surface area contributed by atoms with Crippen LogP contribution < -0.4 is 10.6 Å². The molecule has 2 atom stereocenters. The number of anilines is 1. The van der Waals surface area contributed by atoms with E-state index >= 15 is 0 Å². The summed E-state index contributed by atoms with van der Waals surface area (Å²) in [5, 5.41) is 16.7. The van der Waals surface area contributed by atoms with Crippen molar-refractivity contribution in [2.45, 2.75) is 85.9 Å². The van der Waals surface area contributed by atoms with Gasteiger partial charge in [0.2, 0.25) is 5.91 Å². The van der Waals surface area contributed by atoms with Crippen molar-refractivity contribution in [3.8, 4) is 5.75 Å². The average molecular weight is 526 g/mol. The third-order valence-corrected chi connectivity index (χ3v) is 5.97. The molecule has 0 aromatic heterocycles. The molecule has 0 bridgehead atoms. The minimum Gasteiger partial charge on any atom is -0.507 e. The van der Waals surface area contributed by atoms with Crippen molar-refractivity contribution in [3.63, 3.8) is 0 Å². The van der Waals surface area contributed by atoms with Crippen LogP contribution in [0.4, 0.5) is 10.5 Å². The van der Waals surface area contributed by atoms with Crippen LogP contribution in [0.15, 0.2) is 42.5 Å². The SMILES string of the molecule is CCCN(C(=O)C(CC(C)C)NC(=O)OC(C)(C)C)C(C(=O)Nc1ccccc1C)c1cccc(C)c1O. The number of aryl methyl sites for hydroxylation is 2. The monoisotopic (exact) mass is 525 g/mol. The molecule has 208 valence electrons. The molecule has 38 heavy (non-hydrogen) atoms. The van der Waals surface area contributed by atoms with Gasteiger partial charge in [-0.3, -0.25) is 9.59 Å². The maximum absolute atomic E-state index is 14.1. The third kappa shape index (κ3) is 8.50. The lowest BCUT2D eigenvalue weighted by Gasteiger charge is -2.35. The van der Waals surface area contributed by atoms with Crippen molar-refractivity contribution in [3.05, 3.63) is 59.2 Å². The van der Waals surface area contributed by atoms with Gasteiger partial charge in [0.25, 0.3) is 5.91 Å². The van der Waals surface area contributed by atoms with E-state index in [9.17, 15) is 19.5 Å². The Kier molecular flexibility index (Phi) is 10.7. The molecule has 0 fully saturated rings. The van der Waals surface area contributed by atoms with E-state index in [1.54, 1.807) is 52.0 Å². The number of rotatable bonds is 10. The standard InChI is InChI=1S/C30H43N3O5/c1-9-17-33(28(36)24(18-19(2)3)32-29(37)38-30(6,7)8)25(22-15-12-14-21(5)26(22)34)27(35)31-23-16-11-10-13-20(23)4/h10-16,19,24-25,34H,9,17-18H2,1-8H3,(H,31,35)(H,32,37). The number of hydrogen-bond donors (Lipinski definition) is 3. The molecule has 0 aliphatic heterocycles. The number of phenols is 1. The highest BCUT2D eigenvalue weighted by Crippen LogP contribution is 2.33. The molecule has 0 spiro atoms. The number of carbonyl (C=O) groups excluding carboxylic acids is 3. The predicted octanol–water partition coefficient (Wildman–Crippen LogP) is 5.87. The molecule has 3 amide bonds. The lowest BCUT2D eigenvalue weighted by atomic mass is 9.97. The molecular weight excluding hydrogens is 482 g/mol. The largest absolute Gasteiger partial charge is 0.507 e. The highest BCUT2D eigenvalue weighted by atomic mass is 16.6. The minimum absolute atomic E-state index is 0.0492. The molecule has 0 radical (unpaired) electrons. The van der Waals surface area contributed by atoms with Crippen LogP contribution in [0.2, 0.25) is 0 Å². The second kappa shape index (κ2) is 13.3. The van der Waals surface area contributed by atoms with Crippen LogP contribution in [0.1, 0.15) is 77.1 Å². The van der Waals surface area contributed by atoms with E-state index in [-0.39, 0.29) is 18.2 Å². The number of alkyl carbamates (subject to hydrolysis) is 1. The van der Waals surface area contributed by atoms with Crippen LogP contribution in [-0.4, -0.2) is 46.1 Å². The minimum atomic E-state index is -1.13. The van der Waals surface area contributed by atoms with Crippen LogP contribution in [0.5, 0.6) is 5.75 Å². The number of benzene rings is 2. The summed E-state index contributed by atoms with van der Waals surface area (Å²) >= 11 is 0. The first-order chi connectivity index (χ1) is 17.7. The predicted molar refractivity (Wildman–Crippen MR) is 150 cm³/mol. The lowest BCUT2D eigenvalue weighted by molar-refractivity contribution is -0.141. The number of aromatic hydroxyl groups is 1. The topological polar surface area (TPSA) is 108 Å². The van der Waals surface area contributed by atoms with Gasteiger partial charge < -0.3 is 25.4 Å². The van der Waals surface area contributed by atoms with E-state index in [0.29, 0.717) is 29.7 Å². The van der Waals surface area contributed by atoms with Gasteiger partial charge in [-0.25, -0.2) is 4.79 Å². The Morgan fingerprint density at radius 3 is 2.21 bits per heavy atom. The van der Waals surface area contributed by atoms with Crippen molar-refractivity contribution >= 4 is 23.6 Å². The van der Waals surface area contributed by atoms with Gasteiger partial charge in [-0.15, -0.1) is 0 Å². The van der Waals surface area contributed by atoms with Crippen molar-refractivity contribution in [2.24, 2.45) is 5.92 Å². The molecule has 0 saturated heterocycles.